The van der Waals surface area contributed by atoms with Crippen molar-refractivity contribution < 1.29 is 0 Å². The minimum Gasteiger partial charge on any atom is -0.360 e. The van der Waals surface area contributed by atoms with E-state index in [0.717, 1.165) is 22.8 Å². The van der Waals surface area contributed by atoms with Gasteiger partial charge < -0.3 is 5.32 Å². The van der Waals surface area contributed by atoms with Crippen LogP contribution in [0.15, 0.2) is 48.9 Å². The molecule has 4 rings (SSSR count). The zero-order valence-electron chi connectivity index (χ0n) is 13.5. The highest BCUT2D eigenvalue weighted by molar-refractivity contribution is 5.71. The Morgan fingerprint density at radius 2 is 1.88 bits per heavy atom. The number of hydrogen-bond acceptors (Lipinski definition) is 6. The molecule has 4 aromatic rings. The molecule has 0 fully saturated rings. The maximum Gasteiger partial charge on any atom is 0.180 e. The Kier molecular flexibility index (Phi) is 3.53. The molecule has 4 heterocycles. The number of anilines is 1. The average Bonchev–Trinajstić information content (AvgIpc) is 3.03. The van der Waals surface area contributed by atoms with Crippen molar-refractivity contribution in [2.45, 2.75) is 19.9 Å². The third-order valence-corrected chi connectivity index (χ3v) is 3.92. The summed E-state index contributed by atoms with van der Waals surface area (Å²) in [6.45, 7) is 4.28. The summed E-state index contributed by atoms with van der Waals surface area (Å²) in [5, 5.41) is 12.1. The molecule has 0 aliphatic heterocycles. The van der Waals surface area contributed by atoms with Crippen LogP contribution in [-0.4, -0.2) is 29.5 Å². The van der Waals surface area contributed by atoms with Gasteiger partial charge in [-0.3, -0.25) is 9.38 Å². The van der Waals surface area contributed by atoms with Crippen LogP contribution in [0, 0.1) is 5.92 Å². The Morgan fingerprint density at radius 3 is 2.75 bits per heavy atom. The predicted molar refractivity (Wildman–Crippen MR) is 91.5 cm³/mol. The lowest BCUT2D eigenvalue weighted by Gasteiger charge is -2.21. The molecule has 0 aromatic carbocycles. The highest BCUT2D eigenvalue weighted by Gasteiger charge is 2.22. The SMILES string of the molecule is CC(C)C(Nc1ccc2nccnc2n1)c1nnc2ccccn12. The van der Waals surface area contributed by atoms with Crippen LogP contribution in [0.4, 0.5) is 5.82 Å². The summed E-state index contributed by atoms with van der Waals surface area (Å²) >= 11 is 0. The van der Waals surface area contributed by atoms with Gasteiger partial charge in [-0.15, -0.1) is 10.2 Å². The number of aromatic nitrogens is 6. The van der Waals surface area contributed by atoms with Gasteiger partial charge >= 0.3 is 0 Å². The van der Waals surface area contributed by atoms with Crippen molar-refractivity contribution in [2.24, 2.45) is 5.92 Å². The van der Waals surface area contributed by atoms with E-state index < -0.39 is 0 Å². The zero-order valence-corrected chi connectivity index (χ0v) is 13.5. The first kappa shape index (κ1) is 14.5. The van der Waals surface area contributed by atoms with E-state index in [2.05, 4.69) is 44.3 Å². The number of pyridine rings is 2. The summed E-state index contributed by atoms with van der Waals surface area (Å²) in [5.74, 6) is 1.91. The fraction of sp³-hybridized carbons (Fsp3) is 0.235. The Morgan fingerprint density at radius 1 is 1.00 bits per heavy atom. The van der Waals surface area contributed by atoms with Gasteiger partial charge in [-0.05, 0) is 30.2 Å². The first-order valence-corrected chi connectivity index (χ1v) is 7.86. The molecule has 1 N–H and O–H groups in total. The number of rotatable bonds is 4. The van der Waals surface area contributed by atoms with Crippen LogP contribution in [0.1, 0.15) is 25.7 Å². The topological polar surface area (TPSA) is 80.9 Å². The molecule has 1 unspecified atom stereocenters. The molecule has 0 aliphatic rings. The Labute approximate surface area is 138 Å². The smallest absolute Gasteiger partial charge is 0.180 e. The second-order valence-electron chi connectivity index (χ2n) is 5.95. The van der Waals surface area contributed by atoms with Crippen LogP contribution in [0.5, 0.6) is 0 Å². The summed E-state index contributed by atoms with van der Waals surface area (Å²) < 4.78 is 2.00. The van der Waals surface area contributed by atoms with Gasteiger partial charge in [0.1, 0.15) is 11.3 Å². The van der Waals surface area contributed by atoms with Gasteiger partial charge in [0, 0.05) is 18.6 Å². The van der Waals surface area contributed by atoms with Crippen molar-refractivity contribution >= 4 is 22.6 Å². The maximum atomic E-state index is 4.55. The van der Waals surface area contributed by atoms with E-state index in [9.17, 15) is 0 Å². The van der Waals surface area contributed by atoms with Crippen LogP contribution in [-0.2, 0) is 0 Å². The second kappa shape index (κ2) is 5.84. The molecule has 0 spiro atoms. The minimum absolute atomic E-state index is 0.0241. The van der Waals surface area contributed by atoms with Gasteiger partial charge in [-0.25, -0.2) is 9.97 Å². The molecule has 120 valence electrons. The van der Waals surface area contributed by atoms with Crippen LogP contribution < -0.4 is 5.32 Å². The van der Waals surface area contributed by atoms with Crippen molar-refractivity contribution in [3.05, 3.63) is 54.7 Å². The highest BCUT2D eigenvalue weighted by atomic mass is 15.3. The van der Waals surface area contributed by atoms with Gasteiger partial charge in [-0.2, -0.15) is 0 Å². The third kappa shape index (κ3) is 2.54. The van der Waals surface area contributed by atoms with E-state index in [4.69, 9.17) is 0 Å². The van der Waals surface area contributed by atoms with Gasteiger partial charge in [0.15, 0.2) is 17.1 Å². The van der Waals surface area contributed by atoms with Gasteiger partial charge in [0.05, 0.1) is 6.04 Å². The molecule has 0 saturated carbocycles. The fourth-order valence-corrected chi connectivity index (χ4v) is 2.70. The van der Waals surface area contributed by atoms with Crippen molar-refractivity contribution in [1.82, 2.24) is 29.5 Å². The fourth-order valence-electron chi connectivity index (χ4n) is 2.70. The first-order chi connectivity index (χ1) is 11.7. The van der Waals surface area contributed by atoms with Gasteiger partial charge in [0.2, 0.25) is 0 Å². The molecule has 0 radical (unpaired) electrons. The highest BCUT2D eigenvalue weighted by Crippen LogP contribution is 2.25. The maximum absolute atomic E-state index is 4.55. The molecule has 7 heteroatoms. The quantitative estimate of drug-likeness (QED) is 0.623. The van der Waals surface area contributed by atoms with Crippen molar-refractivity contribution in [2.75, 3.05) is 5.32 Å². The van der Waals surface area contributed by atoms with Crippen LogP contribution in [0.2, 0.25) is 0 Å². The predicted octanol–water partition coefficient (Wildman–Crippen LogP) is 2.88. The van der Waals surface area contributed by atoms with Crippen LogP contribution in [0.25, 0.3) is 16.8 Å². The Bertz CT molecular complexity index is 992. The summed E-state index contributed by atoms with van der Waals surface area (Å²) in [6, 6.07) is 9.67. The average molecular weight is 319 g/mol. The Balaban J connectivity index is 1.73. The number of hydrogen-bond donors (Lipinski definition) is 1. The third-order valence-electron chi connectivity index (χ3n) is 3.92. The lowest BCUT2D eigenvalue weighted by atomic mass is 10.0. The molecule has 24 heavy (non-hydrogen) atoms. The molecule has 1 atom stereocenters. The first-order valence-electron chi connectivity index (χ1n) is 7.86. The zero-order chi connectivity index (χ0) is 16.5. The second-order valence-corrected chi connectivity index (χ2v) is 5.95. The summed E-state index contributed by atoms with van der Waals surface area (Å²) in [7, 11) is 0. The van der Waals surface area contributed by atoms with Crippen molar-refractivity contribution in [3.63, 3.8) is 0 Å². The molecule has 0 saturated heterocycles. The van der Waals surface area contributed by atoms with E-state index in [-0.39, 0.29) is 6.04 Å². The van der Waals surface area contributed by atoms with E-state index in [1.165, 1.54) is 0 Å². The molecule has 7 nitrogen and oxygen atoms in total. The number of nitrogens with one attached hydrogen (secondary N) is 1. The van der Waals surface area contributed by atoms with Crippen molar-refractivity contribution in [3.8, 4) is 0 Å². The minimum atomic E-state index is -0.0241. The van der Waals surface area contributed by atoms with Crippen LogP contribution >= 0.6 is 0 Å². The van der Waals surface area contributed by atoms with E-state index in [1.54, 1.807) is 12.4 Å². The number of nitrogens with zero attached hydrogens (tertiary/aromatic N) is 6. The molecule has 4 aromatic heterocycles. The summed E-state index contributed by atoms with van der Waals surface area (Å²) in [6.07, 6.45) is 5.28. The van der Waals surface area contributed by atoms with E-state index in [0.29, 0.717) is 11.6 Å². The molecular weight excluding hydrogens is 302 g/mol. The molecule has 0 bridgehead atoms. The number of fused-ring (bicyclic) bond motifs is 2. The van der Waals surface area contributed by atoms with Crippen LogP contribution in [0.3, 0.4) is 0 Å². The van der Waals surface area contributed by atoms with Gasteiger partial charge in [0.25, 0.3) is 0 Å². The molecule has 0 amide bonds. The molecule has 0 aliphatic carbocycles. The Hall–Kier alpha value is -3.09. The van der Waals surface area contributed by atoms with Crippen molar-refractivity contribution in [1.29, 1.82) is 0 Å². The summed E-state index contributed by atoms with van der Waals surface area (Å²) in [4.78, 5) is 13.1. The normalized spacial score (nSPS) is 12.8. The molecular formula is C17H17N7. The van der Waals surface area contributed by atoms with E-state index >= 15 is 0 Å². The van der Waals surface area contributed by atoms with Gasteiger partial charge in [-0.1, -0.05) is 19.9 Å². The lowest BCUT2D eigenvalue weighted by molar-refractivity contribution is 0.516. The standard InChI is InChI=1S/C17H17N7/c1-11(2)15(17-23-22-14-5-3-4-10-24(14)17)20-13-7-6-12-16(21-13)19-9-8-18-12/h3-11,15H,1-2H3,(H,19,20,21). The monoisotopic (exact) mass is 319 g/mol. The lowest BCUT2D eigenvalue weighted by Crippen LogP contribution is -2.20. The summed E-state index contributed by atoms with van der Waals surface area (Å²) in [5.41, 5.74) is 2.23. The largest absolute Gasteiger partial charge is 0.360 e. The van der Waals surface area contributed by atoms with E-state index in [1.807, 2.05) is 40.9 Å².